The predicted octanol–water partition coefficient (Wildman–Crippen LogP) is 3.42. The number of nitrogens with one attached hydrogen (secondary N) is 1. The molecule has 31 heavy (non-hydrogen) atoms. The summed E-state index contributed by atoms with van der Waals surface area (Å²) in [5.74, 6) is -0.834. The smallest absolute Gasteiger partial charge is 0.322 e. The number of aromatic nitrogens is 2. The number of benzene rings is 1. The molecule has 2 aliphatic rings. The molecular formula is C21H24F3N5O2. The number of carbonyl (C=O) groups excluding carboxylic acids is 2. The number of fused-ring (bicyclic) bond motifs is 3. The van der Waals surface area contributed by atoms with E-state index in [1.807, 2.05) is 6.92 Å². The Morgan fingerprint density at radius 1 is 1.32 bits per heavy atom. The fraction of sp³-hybridized carbons (Fsp3) is 0.476. The number of amides is 3. The van der Waals surface area contributed by atoms with E-state index in [-0.39, 0.29) is 36.7 Å². The number of hydrogen-bond donors (Lipinski definition) is 1. The van der Waals surface area contributed by atoms with Crippen molar-refractivity contribution in [2.24, 2.45) is 0 Å². The number of aryl methyl sites for hydroxylation is 2. The number of hydrogen-bond acceptors (Lipinski definition) is 3. The van der Waals surface area contributed by atoms with E-state index in [1.165, 1.54) is 12.1 Å². The van der Waals surface area contributed by atoms with E-state index in [0.717, 1.165) is 10.6 Å². The molecule has 0 bridgehead atoms. The average Bonchev–Trinajstić information content (AvgIpc) is 2.97. The molecule has 1 aromatic carbocycles. The summed E-state index contributed by atoms with van der Waals surface area (Å²) in [4.78, 5) is 28.7. The molecular weight excluding hydrogens is 411 g/mol. The van der Waals surface area contributed by atoms with Crippen molar-refractivity contribution in [1.29, 1.82) is 0 Å². The molecule has 1 aromatic heterocycles. The number of anilines is 1. The first kappa shape index (κ1) is 21.2. The number of nitrogens with zero attached hydrogens (tertiary/aromatic N) is 4. The molecule has 3 amide bonds. The van der Waals surface area contributed by atoms with Gasteiger partial charge in [-0.25, -0.2) is 18.0 Å². The highest BCUT2D eigenvalue weighted by Crippen LogP contribution is 2.29. The third kappa shape index (κ3) is 4.11. The van der Waals surface area contributed by atoms with Crippen molar-refractivity contribution in [3.8, 4) is 0 Å². The van der Waals surface area contributed by atoms with Crippen LogP contribution in [0.25, 0.3) is 0 Å². The largest absolute Gasteiger partial charge is 0.332 e. The van der Waals surface area contributed by atoms with Crippen molar-refractivity contribution in [2.75, 3.05) is 18.4 Å². The molecule has 0 unspecified atom stereocenters. The summed E-state index contributed by atoms with van der Waals surface area (Å²) in [6.45, 7) is 3.72. The summed E-state index contributed by atoms with van der Waals surface area (Å²) in [7, 11) is 0. The van der Waals surface area contributed by atoms with E-state index >= 15 is 0 Å². The van der Waals surface area contributed by atoms with Crippen molar-refractivity contribution in [3.63, 3.8) is 0 Å². The Hall–Kier alpha value is -3.04. The summed E-state index contributed by atoms with van der Waals surface area (Å²) < 4.78 is 41.0. The first-order valence-electron chi connectivity index (χ1n) is 10.2. The molecule has 0 saturated carbocycles. The van der Waals surface area contributed by atoms with E-state index < -0.39 is 18.9 Å². The molecule has 0 saturated heterocycles. The second kappa shape index (κ2) is 8.24. The monoisotopic (exact) mass is 435 g/mol. The van der Waals surface area contributed by atoms with E-state index in [4.69, 9.17) is 0 Å². The number of rotatable bonds is 3. The quantitative estimate of drug-likeness (QED) is 0.803. The Morgan fingerprint density at radius 3 is 2.81 bits per heavy atom. The Balaban J connectivity index is 1.59. The summed E-state index contributed by atoms with van der Waals surface area (Å²) in [5, 5.41) is 7.32. The van der Waals surface area contributed by atoms with Gasteiger partial charge in [0.1, 0.15) is 11.5 Å². The first-order chi connectivity index (χ1) is 14.7. The maximum atomic E-state index is 13.5. The lowest BCUT2D eigenvalue weighted by atomic mass is 9.99. The number of halogens is 3. The molecule has 0 radical (unpaired) electrons. The van der Waals surface area contributed by atoms with Gasteiger partial charge < -0.3 is 15.1 Å². The second-order valence-corrected chi connectivity index (χ2v) is 8.07. The summed E-state index contributed by atoms with van der Waals surface area (Å²) in [6, 6.07) is 3.76. The highest BCUT2D eigenvalue weighted by molar-refractivity contribution is 5.95. The normalized spacial score (nSPS) is 18.6. The molecule has 3 heterocycles. The van der Waals surface area contributed by atoms with Crippen LogP contribution in [0.3, 0.4) is 0 Å². The van der Waals surface area contributed by atoms with Crippen LogP contribution in [0.4, 0.5) is 23.7 Å². The standard InChI is InChI=1S/C21H24F3N5O2/c1-12-8-14(4-5-16(12)22)25-21(31)28-10-15-17(9-13(28)2)26-29-7-3-6-27(11-18(23)24)20(30)19(15)29/h4-5,8,13,18H,3,6-7,9-11H2,1-2H3,(H,25,31)/t13-/m1/s1. The predicted molar refractivity (Wildman–Crippen MR) is 108 cm³/mol. The van der Waals surface area contributed by atoms with Crippen molar-refractivity contribution in [2.45, 2.75) is 52.2 Å². The number of alkyl halides is 2. The molecule has 10 heteroatoms. The zero-order valence-electron chi connectivity index (χ0n) is 17.4. The summed E-state index contributed by atoms with van der Waals surface area (Å²) in [5.41, 5.74) is 2.50. The van der Waals surface area contributed by atoms with Gasteiger partial charge in [0.2, 0.25) is 0 Å². The zero-order chi connectivity index (χ0) is 22.3. The molecule has 7 nitrogen and oxygen atoms in total. The topological polar surface area (TPSA) is 70.5 Å². The van der Waals surface area contributed by atoms with Crippen LogP contribution in [-0.2, 0) is 19.5 Å². The molecule has 0 fully saturated rings. The van der Waals surface area contributed by atoms with Gasteiger partial charge in [0, 0.05) is 36.8 Å². The average molecular weight is 435 g/mol. The van der Waals surface area contributed by atoms with E-state index in [2.05, 4.69) is 10.4 Å². The molecule has 4 rings (SSSR count). The lowest BCUT2D eigenvalue weighted by Crippen LogP contribution is -2.45. The van der Waals surface area contributed by atoms with Crippen LogP contribution < -0.4 is 5.32 Å². The minimum atomic E-state index is -2.62. The van der Waals surface area contributed by atoms with Crippen molar-refractivity contribution in [3.05, 3.63) is 46.5 Å². The van der Waals surface area contributed by atoms with Crippen LogP contribution >= 0.6 is 0 Å². The maximum absolute atomic E-state index is 13.5. The molecule has 1 N–H and O–H groups in total. The minimum Gasteiger partial charge on any atom is -0.332 e. The van der Waals surface area contributed by atoms with Crippen LogP contribution in [0.15, 0.2) is 18.2 Å². The summed E-state index contributed by atoms with van der Waals surface area (Å²) >= 11 is 0. The van der Waals surface area contributed by atoms with Crippen molar-refractivity contribution in [1.82, 2.24) is 19.6 Å². The van der Waals surface area contributed by atoms with Gasteiger partial charge >= 0.3 is 6.03 Å². The lowest BCUT2D eigenvalue weighted by Gasteiger charge is -2.33. The Labute approximate surface area is 177 Å². The third-order valence-corrected chi connectivity index (χ3v) is 5.80. The fourth-order valence-electron chi connectivity index (χ4n) is 4.19. The van der Waals surface area contributed by atoms with Gasteiger partial charge in [0.25, 0.3) is 12.3 Å². The second-order valence-electron chi connectivity index (χ2n) is 8.07. The fourth-order valence-corrected chi connectivity index (χ4v) is 4.19. The highest BCUT2D eigenvalue weighted by Gasteiger charge is 2.36. The van der Waals surface area contributed by atoms with Crippen LogP contribution in [0.1, 0.15) is 40.7 Å². The number of carbonyl (C=O) groups is 2. The molecule has 0 spiro atoms. The Morgan fingerprint density at radius 2 is 2.10 bits per heavy atom. The van der Waals surface area contributed by atoms with Gasteiger partial charge in [-0.05, 0) is 44.0 Å². The zero-order valence-corrected chi connectivity index (χ0v) is 17.4. The minimum absolute atomic E-state index is 0.145. The molecule has 1 atom stereocenters. The highest BCUT2D eigenvalue weighted by atomic mass is 19.3. The van der Waals surface area contributed by atoms with E-state index in [0.29, 0.717) is 36.2 Å². The van der Waals surface area contributed by atoms with Crippen molar-refractivity contribution >= 4 is 17.6 Å². The molecule has 166 valence electrons. The van der Waals surface area contributed by atoms with Gasteiger partial charge in [-0.15, -0.1) is 0 Å². The van der Waals surface area contributed by atoms with Gasteiger partial charge in [-0.2, -0.15) is 5.10 Å². The Bertz CT molecular complexity index is 1020. The van der Waals surface area contributed by atoms with Crippen LogP contribution in [-0.4, -0.2) is 57.1 Å². The van der Waals surface area contributed by atoms with E-state index in [1.54, 1.807) is 22.6 Å². The van der Waals surface area contributed by atoms with Crippen LogP contribution in [0.2, 0.25) is 0 Å². The number of urea groups is 1. The van der Waals surface area contributed by atoms with E-state index in [9.17, 15) is 22.8 Å². The van der Waals surface area contributed by atoms with Gasteiger partial charge in [0.05, 0.1) is 18.8 Å². The third-order valence-electron chi connectivity index (χ3n) is 5.80. The Kier molecular flexibility index (Phi) is 5.63. The van der Waals surface area contributed by atoms with Crippen LogP contribution in [0.5, 0.6) is 0 Å². The van der Waals surface area contributed by atoms with Crippen LogP contribution in [0, 0.1) is 12.7 Å². The molecule has 2 aliphatic heterocycles. The van der Waals surface area contributed by atoms with Gasteiger partial charge in [-0.1, -0.05) is 0 Å². The lowest BCUT2D eigenvalue weighted by molar-refractivity contribution is 0.0557. The van der Waals surface area contributed by atoms with Gasteiger partial charge in [-0.3, -0.25) is 9.48 Å². The molecule has 0 aliphatic carbocycles. The summed E-state index contributed by atoms with van der Waals surface area (Å²) in [6.07, 6.45) is -1.63. The molecule has 2 aromatic rings. The maximum Gasteiger partial charge on any atom is 0.322 e. The van der Waals surface area contributed by atoms with Gasteiger partial charge in [0.15, 0.2) is 0 Å². The van der Waals surface area contributed by atoms with Crippen molar-refractivity contribution < 1.29 is 22.8 Å². The SMILES string of the molecule is Cc1cc(NC(=O)N2Cc3c(nn4c3C(=O)N(CC(F)F)CCC4)C[C@H]2C)ccc1F. The first-order valence-corrected chi connectivity index (χ1v) is 10.2.